The van der Waals surface area contributed by atoms with Crippen molar-refractivity contribution >= 4 is 5.69 Å². The fourth-order valence-corrected chi connectivity index (χ4v) is 2.57. The molecule has 18 heavy (non-hydrogen) atoms. The minimum absolute atomic E-state index is 0.624. The first-order valence-corrected chi connectivity index (χ1v) is 7.10. The van der Waals surface area contributed by atoms with Crippen LogP contribution in [-0.4, -0.2) is 12.6 Å². The van der Waals surface area contributed by atoms with E-state index in [2.05, 4.69) is 44.3 Å². The number of nitrogens with one attached hydrogen (secondary N) is 1. The first-order valence-electron chi connectivity index (χ1n) is 7.10. The van der Waals surface area contributed by atoms with Gasteiger partial charge in [0.05, 0.1) is 12.3 Å². The van der Waals surface area contributed by atoms with E-state index >= 15 is 0 Å². The molecule has 1 fully saturated rings. The SMILES string of the molecule is CCOc1cc(C)ccc1NC1CC(C(C)C)C1. The monoisotopic (exact) mass is 247 g/mol. The first-order chi connectivity index (χ1) is 8.60. The minimum atomic E-state index is 0.624. The molecule has 1 aliphatic carbocycles. The van der Waals surface area contributed by atoms with Gasteiger partial charge in [-0.2, -0.15) is 0 Å². The van der Waals surface area contributed by atoms with Gasteiger partial charge in [-0.1, -0.05) is 19.9 Å². The Morgan fingerprint density at radius 2 is 2.06 bits per heavy atom. The van der Waals surface area contributed by atoms with Gasteiger partial charge < -0.3 is 10.1 Å². The summed E-state index contributed by atoms with van der Waals surface area (Å²) in [5.74, 6) is 2.70. The Bertz CT molecular complexity index is 394. The summed E-state index contributed by atoms with van der Waals surface area (Å²) < 4.78 is 5.70. The lowest BCUT2D eigenvalue weighted by molar-refractivity contribution is 0.211. The molecule has 1 aliphatic rings. The largest absolute Gasteiger partial charge is 0.492 e. The van der Waals surface area contributed by atoms with Crippen molar-refractivity contribution in [2.24, 2.45) is 11.8 Å². The number of hydrogen-bond donors (Lipinski definition) is 1. The molecule has 0 spiro atoms. The molecule has 0 aliphatic heterocycles. The van der Waals surface area contributed by atoms with Crippen LogP contribution in [0.2, 0.25) is 0 Å². The van der Waals surface area contributed by atoms with Gasteiger partial charge in [-0.3, -0.25) is 0 Å². The average molecular weight is 247 g/mol. The highest BCUT2D eigenvalue weighted by Gasteiger charge is 2.31. The standard InChI is InChI=1S/C16H25NO/c1-5-18-16-8-12(4)6-7-15(16)17-14-9-13(10-14)11(2)3/h6-8,11,13-14,17H,5,9-10H2,1-4H3. The Balaban J connectivity index is 1.97. The second-order valence-corrected chi connectivity index (χ2v) is 5.75. The maximum Gasteiger partial charge on any atom is 0.142 e. The Morgan fingerprint density at radius 1 is 1.33 bits per heavy atom. The van der Waals surface area contributed by atoms with Crippen molar-refractivity contribution in [3.8, 4) is 5.75 Å². The molecule has 0 bridgehead atoms. The molecule has 1 aromatic rings. The van der Waals surface area contributed by atoms with Gasteiger partial charge in [0.15, 0.2) is 0 Å². The van der Waals surface area contributed by atoms with E-state index in [0.29, 0.717) is 6.04 Å². The van der Waals surface area contributed by atoms with Crippen LogP contribution in [0.15, 0.2) is 18.2 Å². The molecule has 0 atom stereocenters. The fourth-order valence-electron chi connectivity index (χ4n) is 2.57. The molecule has 0 heterocycles. The molecule has 0 unspecified atom stereocenters. The van der Waals surface area contributed by atoms with Crippen molar-refractivity contribution in [1.29, 1.82) is 0 Å². The van der Waals surface area contributed by atoms with Crippen molar-refractivity contribution in [3.05, 3.63) is 23.8 Å². The predicted octanol–water partition coefficient (Wildman–Crippen LogP) is 4.24. The number of benzene rings is 1. The molecule has 0 amide bonds. The third kappa shape index (κ3) is 2.98. The van der Waals surface area contributed by atoms with E-state index in [0.717, 1.165) is 29.9 Å². The summed E-state index contributed by atoms with van der Waals surface area (Å²) in [6.45, 7) is 9.49. The molecule has 1 aromatic carbocycles. The highest BCUT2D eigenvalue weighted by molar-refractivity contribution is 5.58. The van der Waals surface area contributed by atoms with Crippen LogP contribution < -0.4 is 10.1 Å². The lowest BCUT2D eigenvalue weighted by Crippen LogP contribution is -2.37. The summed E-state index contributed by atoms with van der Waals surface area (Å²) >= 11 is 0. The summed E-state index contributed by atoms with van der Waals surface area (Å²) in [6, 6.07) is 7.02. The van der Waals surface area contributed by atoms with Crippen molar-refractivity contribution in [1.82, 2.24) is 0 Å². The van der Waals surface area contributed by atoms with Crippen molar-refractivity contribution in [2.75, 3.05) is 11.9 Å². The Morgan fingerprint density at radius 3 is 2.67 bits per heavy atom. The van der Waals surface area contributed by atoms with E-state index in [4.69, 9.17) is 4.74 Å². The molecular weight excluding hydrogens is 222 g/mol. The van der Waals surface area contributed by atoms with Crippen LogP contribution in [0.4, 0.5) is 5.69 Å². The maximum atomic E-state index is 5.70. The van der Waals surface area contributed by atoms with Crippen LogP contribution >= 0.6 is 0 Å². The molecule has 0 radical (unpaired) electrons. The number of hydrogen-bond acceptors (Lipinski definition) is 2. The van der Waals surface area contributed by atoms with E-state index in [1.807, 2.05) is 6.92 Å². The minimum Gasteiger partial charge on any atom is -0.492 e. The molecule has 1 saturated carbocycles. The number of ether oxygens (including phenoxy) is 1. The van der Waals surface area contributed by atoms with Crippen LogP contribution in [-0.2, 0) is 0 Å². The first kappa shape index (κ1) is 13.3. The normalized spacial score (nSPS) is 22.7. The predicted molar refractivity (Wildman–Crippen MR) is 77.3 cm³/mol. The summed E-state index contributed by atoms with van der Waals surface area (Å²) in [7, 11) is 0. The van der Waals surface area contributed by atoms with Gasteiger partial charge in [0.2, 0.25) is 0 Å². The number of rotatable bonds is 5. The Labute approximate surface area is 111 Å². The van der Waals surface area contributed by atoms with Crippen LogP contribution in [0, 0.1) is 18.8 Å². The molecule has 2 nitrogen and oxygen atoms in total. The van der Waals surface area contributed by atoms with E-state index < -0.39 is 0 Å². The van der Waals surface area contributed by atoms with Crippen molar-refractivity contribution in [3.63, 3.8) is 0 Å². The molecular formula is C16H25NO. The maximum absolute atomic E-state index is 5.70. The smallest absolute Gasteiger partial charge is 0.142 e. The van der Waals surface area contributed by atoms with Crippen molar-refractivity contribution < 1.29 is 4.74 Å². The second kappa shape index (κ2) is 5.64. The number of aryl methyl sites for hydroxylation is 1. The van der Waals surface area contributed by atoms with Gasteiger partial charge in [-0.15, -0.1) is 0 Å². The quantitative estimate of drug-likeness (QED) is 0.840. The van der Waals surface area contributed by atoms with E-state index in [1.54, 1.807) is 0 Å². The van der Waals surface area contributed by atoms with Crippen LogP contribution in [0.3, 0.4) is 0 Å². The molecule has 2 heteroatoms. The summed E-state index contributed by atoms with van der Waals surface area (Å²) in [5.41, 5.74) is 2.40. The van der Waals surface area contributed by atoms with Gasteiger partial charge in [-0.25, -0.2) is 0 Å². The van der Waals surface area contributed by atoms with Gasteiger partial charge in [0.25, 0.3) is 0 Å². The summed E-state index contributed by atoms with van der Waals surface area (Å²) in [5, 5.41) is 3.62. The molecule has 0 aromatic heterocycles. The van der Waals surface area contributed by atoms with E-state index in [9.17, 15) is 0 Å². The molecule has 0 saturated heterocycles. The second-order valence-electron chi connectivity index (χ2n) is 5.75. The van der Waals surface area contributed by atoms with Gasteiger partial charge in [0.1, 0.15) is 5.75 Å². The van der Waals surface area contributed by atoms with E-state index in [-0.39, 0.29) is 0 Å². The lowest BCUT2D eigenvalue weighted by atomic mass is 9.73. The zero-order valence-corrected chi connectivity index (χ0v) is 12.0. The number of anilines is 1. The van der Waals surface area contributed by atoms with E-state index in [1.165, 1.54) is 18.4 Å². The van der Waals surface area contributed by atoms with Gasteiger partial charge in [0, 0.05) is 6.04 Å². The van der Waals surface area contributed by atoms with Crippen molar-refractivity contribution in [2.45, 2.75) is 46.6 Å². The highest BCUT2D eigenvalue weighted by Crippen LogP contribution is 2.37. The molecule has 100 valence electrons. The molecule has 2 rings (SSSR count). The third-order valence-corrected chi connectivity index (χ3v) is 3.91. The zero-order valence-electron chi connectivity index (χ0n) is 12.0. The summed E-state index contributed by atoms with van der Waals surface area (Å²) in [6.07, 6.45) is 2.58. The Hall–Kier alpha value is -1.18. The summed E-state index contributed by atoms with van der Waals surface area (Å²) in [4.78, 5) is 0. The van der Waals surface area contributed by atoms with Gasteiger partial charge in [-0.05, 0) is 56.2 Å². The van der Waals surface area contributed by atoms with Crippen LogP contribution in [0.5, 0.6) is 5.75 Å². The average Bonchev–Trinajstić information content (AvgIpc) is 2.25. The third-order valence-electron chi connectivity index (χ3n) is 3.91. The van der Waals surface area contributed by atoms with Crippen LogP contribution in [0.25, 0.3) is 0 Å². The topological polar surface area (TPSA) is 21.3 Å². The van der Waals surface area contributed by atoms with Gasteiger partial charge >= 0.3 is 0 Å². The fraction of sp³-hybridized carbons (Fsp3) is 0.625. The lowest BCUT2D eigenvalue weighted by Gasteiger charge is -2.39. The molecule has 1 N–H and O–H groups in total. The Kier molecular flexibility index (Phi) is 4.15. The zero-order chi connectivity index (χ0) is 13.1. The highest BCUT2D eigenvalue weighted by atomic mass is 16.5. The van der Waals surface area contributed by atoms with Crippen LogP contribution in [0.1, 0.15) is 39.2 Å².